The minimum Gasteiger partial charge on any atom is -0.481 e. The van der Waals surface area contributed by atoms with Gasteiger partial charge in [-0.2, -0.15) is 0 Å². The molecule has 0 unspecified atom stereocenters. The summed E-state index contributed by atoms with van der Waals surface area (Å²) in [4.78, 5) is 47.7. The van der Waals surface area contributed by atoms with E-state index in [1.165, 1.54) is 13.3 Å². The number of ether oxygens (including phenoxy) is 1. The molecule has 2 amide bonds. The molecule has 0 aliphatic carbocycles. The predicted octanol–water partition coefficient (Wildman–Crippen LogP) is 2.70. The van der Waals surface area contributed by atoms with Gasteiger partial charge in [-0.05, 0) is 40.7 Å². The number of amides is 2. The van der Waals surface area contributed by atoms with E-state index in [1.54, 1.807) is 23.6 Å². The van der Waals surface area contributed by atoms with Gasteiger partial charge >= 0.3 is 5.82 Å². The van der Waals surface area contributed by atoms with Crippen molar-refractivity contribution in [1.82, 2.24) is 24.3 Å². The van der Waals surface area contributed by atoms with Gasteiger partial charge in [-0.15, -0.1) is 0 Å². The Morgan fingerprint density at radius 2 is 1.85 bits per heavy atom. The molecule has 0 bridgehead atoms. The van der Waals surface area contributed by atoms with Crippen LogP contribution < -0.4 is 4.74 Å². The molecule has 1 spiro atoms. The number of nitro groups is 1. The van der Waals surface area contributed by atoms with E-state index in [0.717, 1.165) is 19.3 Å². The van der Waals surface area contributed by atoms with Crippen LogP contribution in [0.25, 0.3) is 0 Å². The highest BCUT2D eigenvalue weighted by Gasteiger charge is 2.42. The fourth-order valence-electron chi connectivity index (χ4n) is 4.80. The lowest BCUT2D eigenvalue weighted by Gasteiger charge is -2.39. The molecule has 2 fully saturated rings. The van der Waals surface area contributed by atoms with E-state index in [9.17, 15) is 19.7 Å². The molecule has 0 N–H and O–H groups in total. The highest BCUT2D eigenvalue weighted by molar-refractivity contribution is 6.29. The molecule has 11 nitrogen and oxygen atoms in total. The molecule has 0 saturated carbocycles. The standard InChI is InChI=1S/C22H27ClN6O5/c1-15-24-18(29(32)33)13-27(15)7-3-20(30)28-10-6-22(14-28)4-8-26(9-5-22)21(31)16-11-17(23)25-19(12-16)34-2/h11-13H,3-10,14H2,1-2H3. The zero-order valence-electron chi connectivity index (χ0n) is 19.2. The Bertz CT molecular complexity index is 1110. The Hall–Kier alpha value is -3.21. The molecule has 12 heteroatoms. The Morgan fingerprint density at radius 3 is 2.47 bits per heavy atom. The van der Waals surface area contributed by atoms with E-state index < -0.39 is 4.92 Å². The number of rotatable bonds is 6. The number of piperidine rings is 1. The van der Waals surface area contributed by atoms with Gasteiger partial charge in [0.2, 0.25) is 17.6 Å². The maximum atomic E-state index is 13.0. The summed E-state index contributed by atoms with van der Waals surface area (Å²) < 4.78 is 6.76. The van der Waals surface area contributed by atoms with Crippen molar-refractivity contribution < 1.29 is 19.2 Å². The van der Waals surface area contributed by atoms with E-state index in [0.29, 0.717) is 50.0 Å². The van der Waals surface area contributed by atoms with Gasteiger partial charge in [0.25, 0.3) is 5.91 Å². The Kier molecular flexibility index (Phi) is 6.74. The molecule has 4 heterocycles. The Balaban J connectivity index is 1.30. The number of aromatic nitrogens is 3. The summed E-state index contributed by atoms with van der Waals surface area (Å²) in [6.07, 6.45) is 4.19. The topological polar surface area (TPSA) is 124 Å². The second-order valence-electron chi connectivity index (χ2n) is 8.93. The van der Waals surface area contributed by atoms with Gasteiger partial charge in [0.15, 0.2) is 0 Å². The third kappa shape index (κ3) is 4.98. The van der Waals surface area contributed by atoms with Crippen LogP contribution in [0, 0.1) is 22.5 Å². The Labute approximate surface area is 201 Å². The van der Waals surface area contributed by atoms with Crippen LogP contribution in [0.15, 0.2) is 18.3 Å². The fourth-order valence-corrected chi connectivity index (χ4v) is 5.00. The average molecular weight is 491 g/mol. The van der Waals surface area contributed by atoms with Crippen molar-refractivity contribution >= 4 is 29.2 Å². The van der Waals surface area contributed by atoms with Crippen LogP contribution in [0.2, 0.25) is 5.15 Å². The maximum Gasteiger partial charge on any atom is 0.381 e. The third-order valence-corrected chi connectivity index (χ3v) is 7.04. The Morgan fingerprint density at radius 1 is 1.18 bits per heavy atom. The highest BCUT2D eigenvalue weighted by atomic mass is 35.5. The van der Waals surface area contributed by atoms with Crippen molar-refractivity contribution in [3.63, 3.8) is 0 Å². The highest BCUT2D eigenvalue weighted by Crippen LogP contribution is 2.41. The third-order valence-electron chi connectivity index (χ3n) is 6.85. The minimum atomic E-state index is -0.535. The van der Waals surface area contributed by atoms with Crippen molar-refractivity contribution in [2.24, 2.45) is 5.41 Å². The van der Waals surface area contributed by atoms with Gasteiger partial charge in [-0.1, -0.05) is 11.6 Å². The number of hydrogen-bond donors (Lipinski definition) is 0. The van der Waals surface area contributed by atoms with Crippen LogP contribution in [-0.2, 0) is 11.3 Å². The molecule has 0 atom stereocenters. The molecule has 4 rings (SSSR count). The summed E-state index contributed by atoms with van der Waals surface area (Å²) in [7, 11) is 1.48. The molecule has 2 aliphatic heterocycles. The number of hydrogen-bond acceptors (Lipinski definition) is 7. The summed E-state index contributed by atoms with van der Waals surface area (Å²) in [5, 5.41) is 11.1. The smallest absolute Gasteiger partial charge is 0.381 e. The van der Waals surface area contributed by atoms with E-state index >= 15 is 0 Å². The lowest BCUT2D eigenvalue weighted by molar-refractivity contribution is -0.389. The van der Waals surface area contributed by atoms with Crippen LogP contribution in [0.3, 0.4) is 0 Å². The van der Waals surface area contributed by atoms with E-state index in [2.05, 4.69) is 9.97 Å². The number of halogens is 1. The summed E-state index contributed by atoms with van der Waals surface area (Å²) in [6, 6.07) is 3.13. The number of carbonyl (C=O) groups is 2. The first kappa shape index (κ1) is 23.9. The first-order valence-corrected chi connectivity index (χ1v) is 11.5. The minimum absolute atomic E-state index is 0.0176. The molecule has 0 aromatic carbocycles. The fraction of sp³-hybridized carbons (Fsp3) is 0.545. The second-order valence-corrected chi connectivity index (χ2v) is 9.31. The average Bonchev–Trinajstić information content (AvgIpc) is 3.41. The maximum absolute atomic E-state index is 13.0. The first-order chi connectivity index (χ1) is 16.2. The summed E-state index contributed by atoms with van der Waals surface area (Å²) in [5.74, 6) is 0.536. The van der Waals surface area contributed by atoms with E-state index in [1.807, 2.05) is 9.80 Å². The monoisotopic (exact) mass is 490 g/mol. The van der Waals surface area contributed by atoms with Gasteiger partial charge in [0, 0.05) is 57.7 Å². The summed E-state index contributed by atoms with van der Waals surface area (Å²) in [5.41, 5.74) is 0.468. The number of aryl methyl sites for hydroxylation is 2. The van der Waals surface area contributed by atoms with Crippen molar-refractivity contribution in [1.29, 1.82) is 0 Å². The number of nitrogens with zero attached hydrogens (tertiary/aromatic N) is 6. The molecule has 2 aromatic heterocycles. The van der Waals surface area contributed by atoms with Gasteiger partial charge in [0.1, 0.15) is 11.3 Å². The van der Waals surface area contributed by atoms with Crippen LogP contribution in [-0.4, -0.2) is 74.4 Å². The molecule has 2 aliphatic rings. The van der Waals surface area contributed by atoms with Crippen molar-refractivity contribution in [2.45, 2.75) is 39.2 Å². The lowest BCUT2D eigenvalue weighted by Crippen LogP contribution is -2.44. The normalized spacial score (nSPS) is 17.3. The van der Waals surface area contributed by atoms with Gasteiger partial charge < -0.3 is 29.2 Å². The van der Waals surface area contributed by atoms with Crippen LogP contribution >= 0.6 is 11.6 Å². The number of likely N-dealkylation sites (tertiary alicyclic amines) is 2. The van der Waals surface area contributed by atoms with Crippen LogP contribution in [0.5, 0.6) is 5.88 Å². The molecular formula is C22H27ClN6O5. The van der Waals surface area contributed by atoms with Gasteiger partial charge in [0.05, 0.1) is 7.11 Å². The number of methoxy groups -OCH3 is 1. The van der Waals surface area contributed by atoms with E-state index in [-0.39, 0.29) is 34.6 Å². The summed E-state index contributed by atoms with van der Waals surface area (Å²) in [6.45, 7) is 4.63. The number of carbonyl (C=O) groups excluding carboxylic acids is 2. The molecule has 0 radical (unpaired) electrons. The van der Waals surface area contributed by atoms with Crippen LogP contribution in [0.4, 0.5) is 5.82 Å². The van der Waals surface area contributed by atoms with Crippen LogP contribution in [0.1, 0.15) is 41.9 Å². The number of imidazole rings is 1. The molecule has 2 aromatic rings. The zero-order valence-corrected chi connectivity index (χ0v) is 20.0. The second kappa shape index (κ2) is 9.57. The predicted molar refractivity (Wildman–Crippen MR) is 123 cm³/mol. The quantitative estimate of drug-likeness (QED) is 0.346. The number of pyridine rings is 1. The molecule has 34 heavy (non-hydrogen) atoms. The molecule has 2 saturated heterocycles. The van der Waals surface area contributed by atoms with Gasteiger partial charge in [-0.3, -0.25) is 9.59 Å². The molecular weight excluding hydrogens is 464 g/mol. The van der Waals surface area contributed by atoms with Crippen molar-refractivity contribution in [3.05, 3.63) is 45.0 Å². The first-order valence-electron chi connectivity index (χ1n) is 11.2. The van der Waals surface area contributed by atoms with Crippen molar-refractivity contribution in [2.75, 3.05) is 33.3 Å². The van der Waals surface area contributed by atoms with E-state index in [4.69, 9.17) is 16.3 Å². The zero-order chi connectivity index (χ0) is 24.5. The van der Waals surface area contributed by atoms with Gasteiger partial charge in [-0.25, -0.2) is 4.98 Å². The largest absolute Gasteiger partial charge is 0.481 e. The summed E-state index contributed by atoms with van der Waals surface area (Å²) >= 11 is 6.01. The van der Waals surface area contributed by atoms with Crippen molar-refractivity contribution in [3.8, 4) is 5.88 Å². The lowest BCUT2D eigenvalue weighted by atomic mass is 9.77. The molecule has 182 valence electrons. The SMILES string of the molecule is COc1cc(C(=O)N2CCC3(CCN(C(=O)CCn4cc([N+](=O)[O-])nc4C)C3)CC2)cc(Cl)n1.